The second-order valence-electron chi connectivity index (χ2n) is 4.05. The predicted octanol–water partition coefficient (Wildman–Crippen LogP) is 5.13. The SMILES string of the molecule is CCCCCC(CC)c1ccc(C)s1. The van der Waals surface area contributed by atoms with Crippen LogP contribution >= 0.6 is 11.3 Å². The maximum absolute atomic E-state index is 2.32. The lowest BCUT2D eigenvalue weighted by molar-refractivity contribution is 0.560. The highest BCUT2D eigenvalue weighted by atomic mass is 32.1. The van der Waals surface area contributed by atoms with Crippen molar-refractivity contribution in [1.82, 2.24) is 0 Å². The molecule has 1 heterocycles. The third kappa shape index (κ3) is 3.45. The Morgan fingerprint density at radius 1 is 1.21 bits per heavy atom. The van der Waals surface area contributed by atoms with Gasteiger partial charge >= 0.3 is 0 Å². The van der Waals surface area contributed by atoms with Crippen LogP contribution in [0.15, 0.2) is 12.1 Å². The van der Waals surface area contributed by atoms with Gasteiger partial charge in [0.15, 0.2) is 0 Å². The van der Waals surface area contributed by atoms with Gasteiger partial charge in [-0.15, -0.1) is 11.3 Å². The van der Waals surface area contributed by atoms with E-state index in [-0.39, 0.29) is 0 Å². The van der Waals surface area contributed by atoms with E-state index in [1.54, 1.807) is 4.88 Å². The van der Waals surface area contributed by atoms with Crippen LogP contribution in [0.3, 0.4) is 0 Å². The molecular formula is C13H22S. The van der Waals surface area contributed by atoms with E-state index in [4.69, 9.17) is 0 Å². The number of hydrogen-bond acceptors (Lipinski definition) is 1. The van der Waals surface area contributed by atoms with Gasteiger partial charge in [-0.1, -0.05) is 33.1 Å². The summed E-state index contributed by atoms with van der Waals surface area (Å²) in [6, 6.07) is 4.57. The molecule has 0 aliphatic carbocycles. The maximum Gasteiger partial charge on any atom is 0.00789 e. The van der Waals surface area contributed by atoms with E-state index >= 15 is 0 Å². The number of aryl methyl sites for hydroxylation is 1. The summed E-state index contributed by atoms with van der Waals surface area (Å²) < 4.78 is 0. The van der Waals surface area contributed by atoms with Crippen molar-refractivity contribution in [1.29, 1.82) is 0 Å². The molecule has 80 valence electrons. The summed E-state index contributed by atoms with van der Waals surface area (Å²) in [7, 11) is 0. The van der Waals surface area contributed by atoms with Crippen molar-refractivity contribution in [3.05, 3.63) is 21.9 Å². The van der Waals surface area contributed by atoms with Crippen LogP contribution in [-0.4, -0.2) is 0 Å². The van der Waals surface area contributed by atoms with Crippen molar-refractivity contribution in [2.75, 3.05) is 0 Å². The Balaban J connectivity index is 2.45. The zero-order chi connectivity index (χ0) is 10.4. The Labute approximate surface area is 92.4 Å². The fourth-order valence-electron chi connectivity index (χ4n) is 1.86. The highest BCUT2D eigenvalue weighted by Crippen LogP contribution is 2.30. The Morgan fingerprint density at radius 2 is 2.00 bits per heavy atom. The van der Waals surface area contributed by atoms with Gasteiger partial charge in [0.2, 0.25) is 0 Å². The molecule has 0 aliphatic heterocycles. The fourth-order valence-corrected chi connectivity index (χ4v) is 2.96. The molecule has 0 fully saturated rings. The van der Waals surface area contributed by atoms with Gasteiger partial charge in [0, 0.05) is 9.75 Å². The third-order valence-electron chi connectivity index (χ3n) is 2.81. The molecule has 0 saturated heterocycles. The van der Waals surface area contributed by atoms with Gasteiger partial charge in [-0.2, -0.15) is 0 Å². The van der Waals surface area contributed by atoms with Crippen molar-refractivity contribution in [2.45, 2.75) is 58.8 Å². The molecular weight excluding hydrogens is 188 g/mol. The zero-order valence-corrected chi connectivity index (χ0v) is 10.5. The van der Waals surface area contributed by atoms with Gasteiger partial charge in [0.1, 0.15) is 0 Å². The van der Waals surface area contributed by atoms with Gasteiger partial charge in [-0.05, 0) is 37.8 Å². The summed E-state index contributed by atoms with van der Waals surface area (Å²) in [4.78, 5) is 3.05. The molecule has 14 heavy (non-hydrogen) atoms. The second kappa shape index (κ2) is 6.23. The van der Waals surface area contributed by atoms with E-state index in [2.05, 4.69) is 32.9 Å². The van der Waals surface area contributed by atoms with E-state index < -0.39 is 0 Å². The lowest BCUT2D eigenvalue weighted by atomic mass is 9.97. The first-order chi connectivity index (χ1) is 6.77. The lowest BCUT2D eigenvalue weighted by Crippen LogP contribution is -1.94. The molecule has 0 spiro atoms. The van der Waals surface area contributed by atoms with Crippen LogP contribution < -0.4 is 0 Å². The normalized spacial score (nSPS) is 13.1. The Kier molecular flexibility index (Phi) is 5.24. The number of unbranched alkanes of at least 4 members (excludes halogenated alkanes) is 2. The van der Waals surface area contributed by atoms with E-state index in [0.717, 1.165) is 5.92 Å². The fraction of sp³-hybridized carbons (Fsp3) is 0.692. The number of thiophene rings is 1. The molecule has 1 atom stereocenters. The van der Waals surface area contributed by atoms with Gasteiger partial charge in [0.25, 0.3) is 0 Å². The van der Waals surface area contributed by atoms with Crippen molar-refractivity contribution in [2.24, 2.45) is 0 Å². The van der Waals surface area contributed by atoms with Gasteiger partial charge in [-0.3, -0.25) is 0 Å². The lowest BCUT2D eigenvalue weighted by Gasteiger charge is -2.12. The molecule has 0 aromatic carbocycles. The molecule has 0 aliphatic rings. The van der Waals surface area contributed by atoms with Gasteiger partial charge in [0.05, 0.1) is 0 Å². The minimum atomic E-state index is 0.820. The predicted molar refractivity (Wildman–Crippen MR) is 66.2 cm³/mol. The van der Waals surface area contributed by atoms with Crippen LogP contribution in [0.25, 0.3) is 0 Å². The Morgan fingerprint density at radius 3 is 2.50 bits per heavy atom. The van der Waals surface area contributed by atoms with E-state index in [9.17, 15) is 0 Å². The van der Waals surface area contributed by atoms with Crippen LogP contribution in [0.4, 0.5) is 0 Å². The van der Waals surface area contributed by atoms with Crippen molar-refractivity contribution in [3.63, 3.8) is 0 Å². The molecule has 0 saturated carbocycles. The second-order valence-corrected chi connectivity index (χ2v) is 5.37. The van der Waals surface area contributed by atoms with Crippen molar-refractivity contribution < 1.29 is 0 Å². The van der Waals surface area contributed by atoms with E-state index in [1.165, 1.54) is 37.0 Å². The van der Waals surface area contributed by atoms with Crippen LogP contribution in [0.2, 0.25) is 0 Å². The molecule has 1 aromatic rings. The molecule has 0 N–H and O–H groups in total. The Bertz CT molecular complexity index is 249. The molecule has 0 nitrogen and oxygen atoms in total. The average molecular weight is 210 g/mol. The maximum atomic E-state index is 2.32. The average Bonchev–Trinajstić information content (AvgIpc) is 2.60. The summed E-state index contributed by atoms with van der Waals surface area (Å²) in [5, 5.41) is 0. The highest BCUT2D eigenvalue weighted by Gasteiger charge is 2.10. The van der Waals surface area contributed by atoms with Crippen molar-refractivity contribution in [3.8, 4) is 0 Å². The quantitative estimate of drug-likeness (QED) is 0.571. The van der Waals surface area contributed by atoms with Crippen molar-refractivity contribution >= 4 is 11.3 Å². The minimum absolute atomic E-state index is 0.820. The molecule has 1 heteroatoms. The van der Waals surface area contributed by atoms with Crippen LogP contribution in [0.5, 0.6) is 0 Å². The summed E-state index contributed by atoms with van der Waals surface area (Å²) in [5.74, 6) is 0.820. The number of hydrogen-bond donors (Lipinski definition) is 0. The molecule has 1 unspecified atom stereocenters. The summed E-state index contributed by atoms with van der Waals surface area (Å²) in [6.45, 7) is 6.79. The van der Waals surface area contributed by atoms with Crippen LogP contribution in [0, 0.1) is 6.92 Å². The molecule has 1 aromatic heterocycles. The first-order valence-corrected chi connectivity index (χ1v) is 6.65. The van der Waals surface area contributed by atoms with Crippen LogP contribution in [-0.2, 0) is 0 Å². The highest BCUT2D eigenvalue weighted by molar-refractivity contribution is 7.12. The minimum Gasteiger partial charge on any atom is -0.145 e. The van der Waals surface area contributed by atoms with Gasteiger partial charge < -0.3 is 0 Å². The first-order valence-electron chi connectivity index (χ1n) is 5.84. The molecule has 0 bridgehead atoms. The molecule has 0 radical (unpaired) electrons. The Hall–Kier alpha value is -0.300. The van der Waals surface area contributed by atoms with Gasteiger partial charge in [-0.25, -0.2) is 0 Å². The summed E-state index contributed by atoms with van der Waals surface area (Å²) >= 11 is 1.98. The first kappa shape index (κ1) is 11.8. The summed E-state index contributed by atoms with van der Waals surface area (Å²) in [5.41, 5.74) is 0. The third-order valence-corrected chi connectivity index (χ3v) is 3.98. The standard InChI is InChI=1S/C13H22S/c1-4-6-7-8-12(5-2)13-10-9-11(3)14-13/h9-10,12H,4-8H2,1-3H3. The monoisotopic (exact) mass is 210 g/mol. The summed E-state index contributed by atoms with van der Waals surface area (Å²) in [6.07, 6.45) is 6.79. The largest absolute Gasteiger partial charge is 0.145 e. The van der Waals surface area contributed by atoms with E-state index in [1.807, 2.05) is 11.3 Å². The van der Waals surface area contributed by atoms with Crippen LogP contribution in [0.1, 0.15) is 61.6 Å². The molecule has 1 rings (SSSR count). The number of rotatable bonds is 6. The smallest absolute Gasteiger partial charge is 0.00789 e. The molecule has 0 amide bonds. The van der Waals surface area contributed by atoms with E-state index in [0.29, 0.717) is 0 Å². The zero-order valence-electron chi connectivity index (χ0n) is 9.68. The topological polar surface area (TPSA) is 0 Å².